The van der Waals surface area contributed by atoms with Gasteiger partial charge in [-0.25, -0.2) is 4.98 Å². The van der Waals surface area contributed by atoms with Gasteiger partial charge in [-0.05, 0) is 67.7 Å². The van der Waals surface area contributed by atoms with Gasteiger partial charge >= 0.3 is 11.9 Å². The predicted molar refractivity (Wildman–Crippen MR) is 142 cm³/mol. The number of carboxylic acid groups (broad SMARTS) is 2. The van der Waals surface area contributed by atoms with E-state index in [-0.39, 0.29) is 24.3 Å². The first-order chi connectivity index (χ1) is 18.4. The smallest absolute Gasteiger partial charge is 0.317 e. The highest BCUT2D eigenvalue weighted by Crippen LogP contribution is 2.35. The second-order valence-corrected chi connectivity index (χ2v) is 10.2. The summed E-state index contributed by atoms with van der Waals surface area (Å²) in [6, 6.07) is 8.37. The van der Waals surface area contributed by atoms with Gasteiger partial charge < -0.3 is 15.1 Å². The van der Waals surface area contributed by atoms with Crippen LogP contribution in [0.3, 0.4) is 0 Å². The van der Waals surface area contributed by atoms with Crippen LogP contribution >= 0.6 is 0 Å². The lowest BCUT2D eigenvalue weighted by molar-refractivity contribution is -0.154. The summed E-state index contributed by atoms with van der Waals surface area (Å²) in [4.78, 5) is 40.4. The van der Waals surface area contributed by atoms with E-state index >= 15 is 0 Å². The second-order valence-electron chi connectivity index (χ2n) is 10.2. The Kier molecular flexibility index (Phi) is 9.46. The Morgan fingerprint density at radius 2 is 1.79 bits per heavy atom. The number of anilines is 1. The number of benzene rings is 1. The van der Waals surface area contributed by atoms with Crippen LogP contribution in [0.15, 0.2) is 60.7 Å². The van der Waals surface area contributed by atoms with Crippen molar-refractivity contribution in [1.29, 1.82) is 0 Å². The van der Waals surface area contributed by atoms with Crippen LogP contribution in [-0.4, -0.2) is 48.9 Å². The highest BCUT2D eigenvalue weighted by atomic mass is 16.4. The second kappa shape index (κ2) is 13.2. The number of aryl methyl sites for hydroxylation is 2. The van der Waals surface area contributed by atoms with Crippen molar-refractivity contribution < 1.29 is 24.6 Å². The largest absolute Gasteiger partial charge is 0.481 e. The van der Waals surface area contributed by atoms with Crippen molar-refractivity contribution in [2.45, 2.75) is 76.8 Å². The molecule has 0 bridgehead atoms. The lowest BCUT2D eigenvalue weighted by Crippen LogP contribution is -2.53. The Hall–Kier alpha value is -3.75. The van der Waals surface area contributed by atoms with E-state index < -0.39 is 17.9 Å². The molecule has 2 atom stereocenters. The topological polar surface area (TPSA) is 126 Å². The molecule has 1 aromatic heterocycles. The van der Waals surface area contributed by atoms with Crippen molar-refractivity contribution in [3.05, 3.63) is 66.3 Å². The van der Waals surface area contributed by atoms with Crippen molar-refractivity contribution in [2.75, 3.05) is 4.90 Å². The summed E-state index contributed by atoms with van der Waals surface area (Å²) in [5.41, 5.74) is 3.33. The minimum atomic E-state index is -1.34. The number of hydrogen-bond donors (Lipinski definition) is 2. The van der Waals surface area contributed by atoms with Crippen LogP contribution in [0, 0.1) is 11.8 Å². The lowest BCUT2D eigenvalue weighted by atomic mass is 9.84. The maximum atomic E-state index is 12.5. The highest BCUT2D eigenvalue weighted by molar-refractivity contribution is 6.02. The molecule has 1 aliphatic carbocycles. The zero-order valence-electron chi connectivity index (χ0n) is 21.6. The Morgan fingerprint density at radius 3 is 2.42 bits per heavy atom. The van der Waals surface area contributed by atoms with Gasteiger partial charge in [-0.15, -0.1) is 0 Å². The SMILES string of the molecule is O=C(O)C(CCCC1C=CC(C2CC(=O)N2c2ccc(CCCCCCn3cncn3)cc2)=CC1)C(=O)O. The molecule has 202 valence electrons. The summed E-state index contributed by atoms with van der Waals surface area (Å²) in [6.07, 6.45) is 18.0. The van der Waals surface area contributed by atoms with Gasteiger partial charge in [-0.2, -0.15) is 5.10 Å². The first-order valence-corrected chi connectivity index (χ1v) is 13.5. The normalized spacial score (nSPS) is 18.9. The number of hydrogen-bond acceptors (Lipinski definition) is 5. The summed E-state index contributed by atoms with van der Waals surface area (Å²) in [7, 11) is 0. The van der Waals surface area contributed by atoms with Crippen LogP contribution in [0.4, 0.5) is 5.69 Å². The maximum Gasteiger partial charge on any atom is 0.317 e. The van der Waals surface area contributed by atoms with Gasteiger partial charge in [0.15, 0.2) is 5.92 Å². The molecule has 1 amide bonds. The van der Waals surface area contributed by atoms with E-state index in [0.717, 1.165) is 56.3 Å². The molecule has 0 spiro atoms. The van der Waals surface area contributed by atoms with Gasteiger partial charge in [0.2, 0.25) is 5.91 Å². The maximum absolute atomic E-state index is 12.5. The Balaban J connectivity index is 1.19. The van der Waals surface area contributed by atoms with E-state index in [1.165, 1.54) is 12.0 Å². The van der Waals surface area contributed by atoms with Crippen LogP contribution in [0.25, 0.3) is 0 Å². The van der Waals surface area contributed by atoms with Crippen molar-refractivity contribution in [1.82, 2.24) is 14.8 Å². The number of carbonyl (C=O) groups excluding carboxylic acids is 1. The first kappa shape index (κ1) is 27.3. The zero-order chi connectivity index (χ0) is 26.9. The van der Waals surface area contributed by atoms with Gasteiger partial charge in [0, 0.05) is 12.2 Å². The van der Waals surface area contributed by atoms with E-state index in [1.54, 1.807) is 12.7 Å². The number of rotatable bonds is 15. The molecule has 1 fully saturated rings. The van der Waals surface area contributed by atoms with E-state index in [9.17, 15) is 14.4 Å². The van der Waals surface area contributed by atoms with Gasteiger partial charge in [0.25, 0.3) is 0 Å². The molecular weight excluding hydrogens is 484 g/mol. The molecule has 1 aromatic carbocycles. The minimum absolute atomic E-state index is 0.0407. The third-order valence-electron chi connectivity index (χ3n) is 7.50. The Labute approximate surface area is 222 Å². The molecule has 2 heterocycles. The number of unbranched alkanes of at least 4 members (excludes halogenated alkanes) is 3. The molecule has 1 saturated heterocycles. The van der Waals surface area contributed by atoms with Gasteiger partial charge in [0.1, 0.15) is 12.7 Å². The Morgan fingerprint density at radius 1 is 1.03 bits per heavy atom. The van der Waals surface area contributed by atoms with Crippen LogP contribution in [-0.2, 0) is 27.3 Å². The molecule has 9 heteroatoms. The molecule has 2 aromatic rings. The standard InChI is InChI=1S/C29H36N4O5/c34-27-18-26(23-13-9-22(10-14-23)7-5-8-25(28(35)36)29(37)38)33(27)24-15-11-21(12-16-24)6-3-1-2-4-17-32-20-30-19-31-32/h9,11-16,19-20,22,25-26H,1-8,10,17-18H2,(H,35,36)(H,37,38). The number of amides is 1. The van der Waals surface area contributed by atoms with Crippen molar-refractivity contribution in [2.24, 2.45) is 11.8 Å². The van der Waals surface area contributed by atoms with E-state index in [0.29, 0.717) is 12.8 Å². The fourth-order valence-corrected chi connectivity index (χ4v) is 5.21. The summed E-state index contributed by atoms with van der Waals surface area (Å²) in [5.74, 6) is -3.52. The number of aromatic nitrogens is 3. The van der Waals surface area contributed by atoms with Gasteiger partial charge in [0.05, 0.1) is 12.5 Å². The van der Waals surface area contributed by atoms with Crippen LogP contribution in [0.5, 0.6) is 0 Å². The van der Waals surface area contributed by atoms with E-state index in [1.807, 2.05) is 21.7 Å². The number of β-lactam (4-membered cyclic amide) rings is 1. The summed E-state index contributed by atoms with van der Waals surface area (Å²) in [6.45, 7) is 0.909. The Bertz CT molecular complexity index is 1140. The molecule has 1 aliphatic heterocycles. The summed E-state index contributed by atoms with van der Waals surface area (Å²) >= 11 is 0. The molecule has 38 heavy (non-hydrogen) atoms. The summed E-state index contributed by atoms with van der Waals surface area (Å²) < 4.78 is 1.86. The molecular formula is C29H36N4O5. The minimum Gasteiger partial charge on any atom is -0.481 e. The number of carboxylic acids is 2. The fraction of sp³-hybridized carbons (Fsp3) is 0.483. The number of allylic oxidation sites excluding steroid dienone is 2. The fourth-order valence-electron chi connectivity index (χ4n) is 5.21. The van der Waals surface area contributed by atoms with E-state index in [4.69, 9.17) is 10.2 Å². The average molecular weight is 521 g/mol. The van der Waals surface area contributed by atoms with E-state index in [2.05, 4.69) is 40.4 Å². The monoisotopic (exact) mass is 520 g/mol. The molecule has 2 unspecified atom stereocenters. The van der Waals surface area contributed by atoms with Crippen LogP contribution in [0.1, 0.15) is 63.4 Å². The molecule has 0 radical (unpaired) electrons. The quantitative estimate of drug-likeness (QED) is 0.199. The molecule has 4 rings (SSSR count). The summed E-state index contributed by atoms with van der Waals surface area (Å²) in [5, 5.41) is 22.2. The third-order valence-corrected chi connectivity index (χ3v) is 7.50. The number of nitrogens with zero attached hydrogens (tertiary/aromatic N) is 4. The van der Waals surface area contributed by atoms with Crippen LogP contribution < -0.4 is 4.90 Å². The number of aliphatic carboxylic acids is 2. The van der Waals surface area contributed by atoms with Crippen molar-refractivity contribution in [3.63, 3.8) is 0 Å². The predicted octanol–water partition coefficient (Wildman–Crippen LogP) is 4.64. The zero-order valence-corrected chi connectivity index (χ0v) is 21.6. The van der Waals surface area contributed by atoms with Gasteiger partial charge in [-0.1, -0.05) is 49.6 Å². The van der Waals surface area contributed by atoms with Crippen LogP contribution in [0.2, 0.25) is 0 Å². The third kappa shape index (κ3) is 7.18. The van der Waals surface area contributed by atoms with Crippen molar-refractivity contribution >= 4 is 23.5 Å². The van der Waals surface area contributed by atoms with Gasteiger partial charge in [-0.3, -0.25) is 19.1 Å². The molecule has 9 nitrogen and oxygen atoms in total. The average Bonchev–Trinajstić information content (AvgIpc) is 3.42. The molecule has 2 N–H and O–H groups in total. The lowest BCUT2D eigenvalue weighted by Gasteiger charge is -2.42. The highest BCUT2D eigenvalue weighted by Gasteiger charge is 2.39. The molecule has 2 aliphatic rings. The first-order valence-electron chi connectivity index (χ1n) is 13.5. The number of carbonyl (C=O) groups is 3. The molecule has 0 saturated carbocycles. The van der Waals surface area contributed by atoms with Crippen molar-refractivity contribution in [3.8, 4) is 0 Å².